The molecule has 0 aliphatic carbocycles. The molecule has 0 radical (unpaired) electrons. The van der Waals surface area contributed by atoms with Crippen molar-refractivity contribution in [3.05, 3.63) is 17.0 Å². The molecule has 0 bridgehead atoms. The Labute approximate surface area is 163 Å². The van der Waals surface area contributed by atoms with Crippen molar-refractivity contribution in [2.45, 2.75) is 52.6 Å². The molecule has 0 aromatic carbocycles. The Morgan fingerprint density at radius 3 is 2.52 bits per heavy atom. The molecule has 2 atom stereocenters. The number of likely N-dealkylation sites (N-methyl/N-ethyl adjacent to an activating group) is 1. The highest BCUT2D eigenvalue weighted by Gasteiger charge is 2.32. The van der Waals surface area contributed by atoms with E-state index in [1.165, 1.54) is 11.3 Å². The molecular formula is C20H36N6O. The monoisotopic (exact) mass is 376 g/mol. The summed E-state index contributed by atoms with van der Waals surface area (Å²) in [6, 6.07) is 0.704. The van der Waals surface area contributed by atoms with E-state index >= 15 is 0 Å². The van der Waals surface area contributed by atoms with Gasteiger partial charge in [0.1, 0.15) is 0 Å². The highest BCUT2D eigenvalue weighted by atomic mass is 16.2. The van der Waals surface area contributed by atoms with Crippen LogP contribution in [0.3, 0.4) is 0 Å². The second kappa shape index (κ2) is 8.61. The minimum absolute atomic E-state index is 0.0800. The zero-order valence-electron chi connectivity index (χ0n) is 17.7. The van der Waals surface area contributed by atoms with E-state index in [2.05, 4.69) is 41.0 Å². The number of amides is 2. The van der Waals surface area contributed by atoms with Crippen LogP contribution in [-0.4, -0.2) is 88.4 Å². The lowest BCUT2D eigenvalue weighted by atomic mass is 10.1. The minimum Gasteiger partial charge on any atom is -0.335 e. The smallest absolute Gasteiger partial charge is 0.317 e. The van der Waals surface area contributed by atoms with E-state index in [0.717, 1.165) is 64.3 Å². The average molecular weight is 377 g/mol. The van der Waals surface area contributed by atoms with Gasteiger partial charge in [0, 0.05) is 64.1 Å². The molecule has 0 saturated carbocycles. The van der Waals surface area contributed by atoms with Gasteiger partial charge in [-0.05, 0) is 45.7 Å². The summed E-state index contributed by atoms with van der Waals surface area (Å²) in [6.45, 7) is 15.9. The van der Waals surface area contributed by atoms with Gasteiger partial charge in [-0.1, -0.05) is 6.92 Å². The number of hydrogen-bond donors (Lipinski definition) is 1. The Balaban J connectivity index is 1.47. The van der Waals surface area contributed by atoms with Gasteiger partial charge >= 0.3 is 6.03 Å². The van der Waals surface area contributed by atoms with Crippen molar-refractivity contribution in [1.29, 1.82) is 0 Å². The number of aryl methyl sites for hydroxylation is 2. The van der Waals surface area contributed by atoms with Crippen molar-refractivity contribution in [1.82, 2.24) is 29.8 Å². The molecule has 1 aromatic heterocycles. The number of nitrogens with one attached hydrogen (secondary N) is 1. The topological polar surface area (TPSA) is 56.6 Å². The largest absolute Gasteiger partial charge is 0.335 e. The summed E-state index contributed by atoms with van der Waals surface area (Å²) in [5.74, 6) is 0. The minimum atomic E-state index is 0.0800. The Kier molecular flexibility index (Phi) is 6.42. The van der Waals surface area contributed by atoms with Crippen LogP contribution in [0.5, 0.6) is 0 Å². The zero-order chi connectivity index (χ0) is 19.6. The van der Waals surface area contributed by atoms with Gasteiger partial charge in [-0.2, -0.15) is 5.10 Å². The van der Waals surface area contributed by atoms with Gasteiger partial charge in [0.2, 0.25) is 0 Å². The molecule has 1 N–H and O–H groups in total. The number of aromatic nitrogens is 2. The third-order valence-corrected chi connectivity index (χ3v) is 6.36. The van der Waals surface area contributed by atoms with Gasteiger partial charge in [0.05, 0.1) is 5.69 Å². The lowest BCUT2D eigenvalue weighted by Gasteiger charge is -2.37. The maximum atomic E-state index is 12.7. The van der Waals surface area contributed by atoms with E-state index < -0.39 is 0 Å². The van der Waals surface area contributed by atoms with Crippen molar-refractivity contribution < 1.29 is 4.79 Å². The fourth-order valence-electron chi connectivity index (χ4n) is 4.44. The molecule has 3 rings (SSSR count). The van der Waals surface area contributed by atoms with Crippen molar-refractivity contribution in [3.63, 3.8) is 0 Å². The first-order valence-electron chi connectivity index (χ1n) is 10.4. The predicted octanol–water partition coefficient (Wildman–Crippen LogP) is 1.39. The fraction of sp³-hybridized carbons (Fsp3) is 0.800. The van der Waals surface area contributed by atoms with Gasteiger partial charge in [0.25, 0.3) is 0 Å². The third kappa shape index (κ3) is 4.63. The third-order valence-electron chi connectivity index (χ3n) is 6.36. The van der Waals surface area contributed by atoms with E-state index in [9.17, 15) is 4.79 Å². The number of carbonyl (C=O) groups is 1. The first-order chi connectivity index (χ1) is 12.9. The van der Waals surface area contributed by atoms with Crippen LogP contribution in [0.15, 0.2) is 0 Å². The van der Waals surface area contributed by atoms with Crippen LogP contribution in [0.1, 0.15) is 37.2 Å². The van der Waals surface area contributed by atoms with Crippen LogP contribution in [-0.2, 0) is 13.5 Å². The molecule has 2 aliphatic rings. The van der Waals surface area contributed by atoms with Crippen LogP contribution in [0, 0.1) is 13.8 Å². The van der Waals surface area contributed by atoms with Crippen LogP contribution in [0.25, 0.3) is 0 Å². The molecule has 2 aliphatic heterocycles. The molecule has 2 saturated heterocycles. The van der Waals surface area contributed by atoms with Crippen LogP contribution in [0.2, 0.25) is 0 Å². The van der Waals surface area contributed by atoms with Crippen molar-refractivity contribution in [2.75, 3.05) is 45.8 Å². The van der Waals surface area contributed by atoms with Crippen molar-refractivity contribution >= 4 is 6.03 Å². The first-order valence-corrected chi connectivity index (χ1v) is 10.4. The molecule has 152 valence electrons. The fourth-order valence-corrected chi connectivity index (χ4v) is 4.44. The van der Waals surface area contributed by atoms with Gasteiger partial charge in [-0.25, -0.2) is 4.79 Å². The van der Waals surface area contributed by atoms with E-state index in [4.69, 9.17) is 0 Å². The molecule has 1 aromatic rings. The number of rotatable bonds is 5. The van der Waals surface area contributed by atoms with E-state index in [-0.39, 0.29) is 12.1 Å². The Bertz CT molecular complexity index is 649. The number of piperazine rings is 1. The summed E-state index contributed by atoms with van der Waals surface area (Å²) in [4.78, 5) is 19.8. The maximum Gasteiger partial charge on any atom is 0.317 e. The van der Waals surface area contributed by atoms with Crippen molar-refractivity contribution in [2.24, 2.45) is 7.05 Å². The molecule has 3 heterocycles. The molecule has 27 heavy (non-hydrogen) atoms. The Morgan fingerprint density at radius 2 is 1.93 bits per heavy atom. The molecule has 2 unspecified atom stereocenters. The number of hydrogen-bond acceptors (Lipinski definition) is 4. The van der Waals surface area contributed by atoms with E-state index in [0.29, 0.717) is 6.04 Å². The summed E-state index contributed by atoms with van der Waals surface area (Å²) < 4.78 is 1.92. The summed E-state index contributed by atoms with van der Waals surface area (Å²) in [6.07, 6.45) is 1.92. The quantitative estimate of drug-likeness (QED) is 0.844. The normalized spacial score (nSPS) is 23.0. The molecule has 7 heteroatoms. The van der Waals surface area contributed by atoms with Crippen LogP contribution in [0.4, 0.5) is 4.79 Å². The van der Waals surface area contributed by atoms with Gasteiger partial charge < -0.3 is 15.1 Å². The molecule has 2 fully saturated rings. The second-order valence-electron chi connectivity index (χ2n) is 8.19. The highest BCUT2D eigenvalue weighted by Crippen LogP contribution is 2.18. The standard InChI is InChI=1S/C20H36N6O/c1-6-24-9-11-25(12-10-24)18-7-8-26(14-18)20(27)21-15(2)13-19-16(3)22-23(5)17(19)4/h15,18H,6-14H2,1-5H3,(H,21,27). The molecular weight excluding hydrogens is 340 g/mol. The maximum absolute atomic E-state index is 12.7. The summed E-state index contributed by atoms with van der Waals surface area (Å²) in [5.41, 5.74) is 3.49. The van der Waals surface area contributed by atoms with Crippen LogP contribution >= 0.6 is 0 Å². The molecule has 0 spiro atoms. The zero-order valence-corrected chi connectivity index (χ0v) is 17.7. The Hall–Kier alpha value is -1.60. The number of nitrogens with zero attached hydrogens (tertiary/aromatic N) is 5. The first kappa shape index (κ1) is 20.1. The molecule has 7 nitrogen and oxygen atoms in total. The predicted molar refractivity (Wildman–Crippen MR) is 108 cm³/mol. The van der Waals surface area contributed by atoms with E-state index in [1.807, 2.05) is 23.6 Å². The van der Waals surface area contributed by atoms with Gasteiger partial charge in [-0.15, -0.1) is 0 Å². The summed E-state index contributed by atoms with van der Waals surface area (Å²) >= 11 is 0. The lowest BCUT2D eigenvalue weighted by molar-refractivity contribution is 0.102. The average Bonchev–Trinajstić information content (AvgIpc) is 3.23. The van der Waals surface area contributed by atoms with E-state index in [1.54, 1.807) is 0 Å². The van der Waals surface area contributed by atoms with Crippen molar-refractivity contribution in [3.8, 4) is 0 Å². The van der Waals surface area contributed by atoms with Crippen LogP contribution < -0.4 is 5.32 Å². The lowest BCUT2D eigenvalue weighted by Crippen LogP contribution is -2.51. The molecule has 2 amide bonds. The summed E-state index contributed by atoms with van der Waals surface area (Å²) in [5, 5.41) is 7.67. The Morgan fingerprint density at radius 1 is 1.22 bits per heavy atom. The highest BCUT2D eigenvalue weighted by molar-refractivity contribution is 5.74. The van der Waals surface area contributed by atoms with Gasteiger partial charge in [0.15, 0.2) is 0 Å². The second-order valence-corrected chi connectivity index (χ2v) is 8.19. The van der Waals surface area contributed by atoms with Gasteiger partial charge in [-0.3, -0.25) is 9.58 Å². The number of carbonyl (C=O) groups excluding carboxylic acids is 1. The summed E-state index contributed by atoms with van der Waals surface area (Å²) in [7, 11) is 1.97. The number of likely N-dealkylation sites (tertiary alicyclic amines) is 1. The number of urea groups is 1. The SMILES string of the molecule is CCN1CCN(C2CCN(C(=O)NC(C)Cc3c(C)nn(C)c3C)C2)CC1.